The third-order valence-corrected chi connectivity index (χ3v) is 6.39. The van der Waals surface area contributed by atoms with Crippen molar-refractivity contribution in [2.45, 2.75) is 50.4 Å². The third kappa shape index (κ3) is 6.04. The number of ether oxygens (including phenoxy) is 1. The summed E-state index contributed by atoms with van der Waals surface area (Å²) in [7, 11) is -1.83. The van der Waals surface area contributed by atoms with Crippen molar-refractivity contribution in [1.29, 1.82) is 0 Å². The average molecular weight is 335 g/mol. The van der Waals surface area contributed by atoms with Crippen LogP contribution in [0.2, 0.25) is 0 Å². The Morgan fingerprint density at radius 1 is 1.43 bits per heavy atom. The summed E-state index contributed by atoms with van der Waals surface area (Å²) < 4.78 is 32.7. The summed E-state index contributed by atoms with van der Waals surface area (Å²) in [6, 6.07) is 1.61. The topological polar surface area (TPSA) is 67.4 Å². The van der Waals surface area contributed by atoms with Crippen LogP contribution in [0.1, 0.15) is 37.1 Å². The highest BCUT2D eigenvalue weighted by atomic mass is 32.2. The maximum Gasteiger partial charge on any atom is 0.250 e. The van der Waals surface area contributed by atoms with Gasteiger partial charge in [0, 0.05) is 31.2 Å². The molecule has 0 saturated heterocycles. The van der Waals surface area contributed by atoms with Gasteiger partial charge in [0.25, 0.3) is 0 Å². The highest BCUT2D eigenvalue weighted by Crippen LogP contribution is 2.26. The van der Waals surface area contributed by atoms with Gasteiger partial charge in [-0.2, -0.15) is 0 Å². The molecular weight excluding hydrogens is 308 g/mol. The van der Waals surface area contributed by atoms with E-state index in [0.29, 0.717) is 17.2 Å². The van der Waals surface area contributed by atoms with E-state index in [1.54, 1.807) is 13.2 Å². The van der Waals surface area contributed by atoms with Gasteiger partial charge in [0.05, 0.1) is 0 Å². The van der Waals surface area contributed by atoms with Crippen LogP contribution in [0.4, 0.5) is 0 Å². The summed E-state index contributed by atoms with van der Waals surface area (Å²) in [5, 5.41) is 3.30. The molecule has 5 nitrogen and oxygen atoms in total. The molecule has 0 radical (unpaired) electrons. The molecule has 21 heavy (non-hydrogen) atoms. The van der Waals surface area contributed by atoms with E-state index in [9.17, 15) is 8.42 Å². The maximum absolute atomic E-state index is 12.3. The number of hydrogen-bond donors (Lipinski definition) is 2. The lowest BCUT2D eigenvalue weighted by Gasteiger charge is -2.12. The van der Waals surface area contributed by atoms with Gasteiger partial charge in [-0.05, 0) is 44.9 Å². The van der Waals surface area contributed by atoms with Crippen LogP contribution >= 0.6 is 11.3 Å². The molecule has 2 N–H and O–H groups in total. The van der Waals surface area contributed by atoms with Gasteiger partial charge in [0.2, 0.25) is 10.0 Å². The van der Waals surface area contributed by atoms with E-state index in [2.05, 4.69) is 17.0 Å². The molecule has 1 atom stereocenters. The van der Waals surface area contributed by atoms with Gasteiger partial charge in [0.15, 0.2) is 0 Å². The molecule has 1 heterocycles. The molecule has 0 aliphatic rings. The lowest BCUT2D eigenvalue weighted by atomic mass is 10.3. The molecule has 0 aliphatic heterocycles. The van der Waals surface area contributed by atoms with Crippen molar-refractivity contribution in [2.75, 3.05) is 20.3 Å². The number of rotatable bonds is 10. The van der Waals surface area contributed by atoms with Gasteiger partial charge in [-0.3, -0.25) is 0 Å². The van der Waals surface area contributed by atoms with E-state index in [1.807, 2.05) is 13.8 Å². The molecule has 0 aromatic carbocycles. The standard InChI is InChI=1S/C14H26N2O3S2/c1-5-7-15-10-13-11(2)9-14(20-13)21(17,18)16-12(3)6-8-19-4/h9,12,15-16H,5-8,10H2,1-4H3. The first kappa shape index (κ1) is 18.6. The summed E-state index contributed by atoms with van der Waals surface area (Å²) >= 11 is 1.34. The summed E-state index contributed by atoms with van der Waals surface area (Å²) in [4.78, 5) is 1.08. The van der Waals surface area contributed by atoms with Crippen molar-refractivity contribution in [3.63, 3.8) is 0 Å². The molecule has 1 unspecified atom stereocenters. The van der Waals surface area contributed by atoms with Crippen LogP contribution < -0.4 is 10.0 Å². The minimum absolute atomic E-state index is 0.140. The molecular formula is C14H26N2O3S2. The molecule has 7 heteroatoms. The quantitative estimate of drug-likeness (QED) is 0.644. The second-order valence-corrected chi connectivity index (χ2v) is 8.23. The number of aryl methyl sites for hydroxylation is 1. The monoisotopic (exact) mass is 334 g/mol. The van der Waals surface area contributed by atoms with Crippen molar-refractivity contribution < 1.29 is 13.2 Å². The van der Waals surface area contributed by atoms with Crippen molar-refractivity contribution in [3.05, 3.63) is 16.5 Å². The van der Waals surface area contributed by atoms with E-state index in [4.69, 9.17) is 4.74 Å². The molecule has 122 valence electrons. The van der Waals surface area contributed by atoms with E-state index in [0.717, 1.165) is 30.0 Å². The van der Waals surface area contributed by atoms with Crippen molar-refractivity contribution in [1.82, 2.24) is 10.0 Å². The lowest BCUT2D eigenvalue weighted by molar-refractivity contribution is 0.188. The second-order valence-electron chi connectivity index (χ2n) is 5.15. The average Bonchev–Trinajstić information content (AvgIpc) is 2.79. The smallest absolute Gasteiger partial charge is 0.250 e. The fourth-order valence-electron chi connectivity index (χ4n) is 1.85. The van der Waals surface area contributed by atoms with Crippen LogP contribution in [0.25, 0.3) is 0 Å². The second kappa shape index (κ2) is 8.85. The fraction of sp³-hybridized carbons (Fsp3) is 0.714. The minimum Gasteiger partial charge on any atom is -0.385 e. The van der Waals surface area contributed by atoms with Crippen molar-refractivity contribution in [3.8, 4) is 0 Å². The van der Waals surface area contributed by atoms with Gasteiger partial charge >= 0.3 is 0 Å². The summed E-state index contributed by atoms with van der Waals surface area (Å²) in [6.07, 6.45) is 1.72. The van der Waals surface area contributed by atoms with Crippen LogP contribution in [0, 0.1) is 6.92 Å². The zero-order valence-electron chi connectivity index (χ0n) is 13.2. The van der Waals surface area contributed by atoms with Gasteiger partial charge < -0.3 is 10.1 Å². The minimum atomic E-state index is -3.44. The molecule has 0 spiro atoms. The normalized spacial score (nSPS) is 13.5. The molecule has 0 aliphatic carbocycles. The SMILES string of the molecule is CCCNCc1sc(S(=O)(=O)NC(C)CCOC)cc1C. The fourth-order valence-corrected chi connectivity index (χ4v) is 4.71. The van der Waals surface area contributed by atoms with E-state index < -0.39 is 10.0 Å². The Balaban J connectivity index is 2.72. The van der Waals surface area contributed by atoms with Crippen LogP contribution in [-0.4, -0.2) is 34.7 Å². The van der Waals surface area contributed by atoms with E-state index in [1.165, 1.54) is 11.3 Å². The maximum atomic E-state index is 12.3. The van der Waals surface area contributed by atoms with E-state index in [-0.39, 0.29) is 6.04 Å². The van der Waals surface area contributed by atoms with Crippen LogP contribution in [0.3, 0.4) is 0 Å². The van der Waals surface area contributed by atoms with Crippen LogP contribution in [0.15, 0.2) is 10.3 Å². The molecule has 0 bridgehead atoms. The first-order chi connectivity index (χ1) is 9.90. The first-order valence-electron chi connectivity index (χ1n) is 7.22. The molecule has 1 aromatic rings. The first-order valence-corrected chi connectivity index (χ1v) is 9.52. The van der Waals surface area contributed by atoms with Gasteiger partial charge in [-0.1, -0.05) is 6.92 Å². The highest BCUT2D eigenvalue weighted by Gasteiger charge is 2.20. The van der Waals surface area contributed by atoms with Gasteiger partial charge in [0.1, 0.15) is 4.21 Å². The Bertz CT molecular complexity index is 526. The van der Waals surface area contributed by atoms with Crippen LogP contribution in [-0.2, 0) is 21.3 Å². The highest BCUT2D eigenvalue weighted by molar-refractivity contribution is 7.91. The number of hydrogen-bond acceptors (Lipinski definition) is 5. The largest absolute Gasteiger partial charge is 0.385 e. The predicted molar refractivity (Wildman–Crippen MR) is 87.3 cm³/mol. The lowest BCUT2D eigenvalue weighted by Crippen LogP contribution is -2.32. The summed E-state index contributed by atoms with van der Waals surface area (Å²) in [6.45, 7) is 8.10. The van der Waals surface area contributed by atoms with Gasteiger partial charge in [-0.25, -0.2) is 13.1 Å². The number of thiophene rings is 1. The summed E-state index contributed by atoms with van der Waals surface area (Å²) in [5.74, 6) is 0. The number of methoxy groups -OCH3 is 1. The zero-order chi connectivity index (χ0) is 15.9. The molecule has 1 rings (SSSR count). The third-order valence-electron chi connectivity index (χ3n) is 3.09. The van der Waals surface area contributed by atoms with Gasteiger partial charge in [-0.15, -0.1) is 11.3 Å². The van der Waals surface area contributed by atoms with Crippen LogP contribution in [0.5, 0.6) is 0 Å². The Morgan fingerprint density at radius 3 is 2.76 bits per heavy atom. The Morgan fingerprint density at radius 2 is 2.14 bits per heavy atom. The summed E-state index contributed by atoms with van der Waals surface area (Å²) in [5.41, 5.74) is 1.02. The molecule has 0 fully saturated rings. The van der Waals surface area contributed by atoms with E-state index >= 15 is 0 Å². The molecule has 0 saturated carbocycles. The molecule has 0 amide bonds. The van der Waals surface area contributed by atoms with Crippen molar-refractivity contribution in [2.24, 2.45) is 0 Å². The Kier molecular flexibility index (Phi) is 7.83. The van der Waals surface area contributed by atoms with Crippen molar-refractivity contribution >= 4 is 21.4 Å². The number of sulfonamides is 1. The zero-order valence-corrected chi connectivity index (χ0v) is 14.9. The molecule has 1 aromatic heterocycles. The Hall–Kier alpha value is -0.470. The number of nitrogens with one attached hydrogen (secondary N) is 2. The predicted octanol–water partition coefficient (Wildman–Crippen LogP) is 2.26. The Labute approximate surface area is 132 Å².